The number of hydrogen-bond donors (Lipinski definition) is 2. The van der Waals surface area contributed by atoms with Crippen molar-refractivity contribution < 1.29 is 23.1 Å². The average molecular weight is 368 g/mol. The number of halogens is 4. The van der Waals surface area contributed by atoms with Gasteiger partial charge >= 0.3 is 12.1 Å². The van der Waals surface area contributed by atoms with Gasteiger partial charge in [0.05, 0.1) is 5.56 Å². The molecule has 10 heteroatoms. The van der Waals surface area contributed by atoms with Gasteiger partial charge in [0.15, 0.2) is 0 Å². The molecule has 2 rings (SSSR count). The average Bonchev–Trinajstić information content (AvgIpc) is 2.79. The lowest BCUT2D eigenvalue weighted by atomic mass is 10.2. The Balaban J connectivity index is 2.24. The van der Waals surface area contributed by atoms with Crippen LogP contribution in [0.25, 0.3) is 0 Å². The van der Waals surface area contributed by atoms with Crippen molar-refractivity contribution >= 4 is 44.3 Å². The van der Waals surface area contributed by atoms with E-state index in [0.717, 1.165) is 0 Å². The molecule has 1 aromatic heterocycles. The Morgan fingerprint density at radius 1 is 1.40 bits per heavy atom. The molecule has 2 N–H and O–H groups in total. The van der Waals surface area contributed by atoms with Crippen LogP contribution in [0.2, 0.25) is 0 Å². The first-order valence-electron chi connectivity index (χ1n) is 4.98. The monoisotopic (exact) mass is 367 g/mol. The Labute approximate surface area is 122 Å². The third-order valence-electron chi connectivity index (χ3n) is 2.13. The number of carboxylic acids is 1. The van der Waals surface area contributed by atoms with Crippen molar-refractivity contribution in [1.82, 2.24) is 9.36 Å². The summed E-state index contributed by atoms with van der Waals surface area (Å²) in [5, 5.41) is 11.4. The van der Waals surface area contributed by atoms with E-state index in [-0.39, 0.29) is 10.7 Å². The normalized spacial score (nSPS) is 11.4. The van der Waals surface area contributed by atoms with Gasteiger partial charge in [0.1, 0.15) is 0 Å². The molecule has 0 saturated heterocycles. The highest BCUT2D eigenvalue weighted by Crippen LogP contribution is 2.30. The van der Waals surface area contributed by atoms with Gasteiger partial charge in [0.25, 0.3) is 0 Å². The highest BCUT2D eigenvalue weighted by atomic mass is 79.9. The molecule has 1 heterocycles. The zero-order valence-electron chi connectivity index (χ0n) is 9.40. The zero-order chi connectivity index (χ0) is 14.9. The van der Waals surface area contributed by atoms with Crippen molar-refractivity contribution in [3.05, 3.63) is 34.1 Å². The predicted octanol–water partition coefficient (Wildman–Crippen LogP) is 3.76. The second-order valence-corrected chi connectivity index (χ2v) is 5.15. The fraction of sp³-hybridized carbons (Fsp3) is 0.100. The van der Waals surface area contributed by atoms with Crippen LogP contribution in [0.5, 0.6) is 0 Å². The van der Waals surface area contributed by atoms with Crippen LogP contribution in [-0.4, -0.2) is 20.4 Å². The van der Waals surface area contributed by atoms with E-state index in [1.54, 1.807) is 0 Å². The third kappa shape index (κ3) is 3.25. The van der Waals surface area contributed by atoms with E-state index in [4.69, 9.17) is 5.11 Å². The molecule has 0 aliphatic heterocycles. The van der Waals surface area contributed by atoms with Crippen LogP contribution in [0.1, 0.15) is 16.2 Å². The molecule has 0 spiro atoms. The van der Waals surface area contributed by atoms with Crippen molar-refractivity contribution in [2.75, 3.05) is 5.32 Å². The largest absolute Gasteiger partial charge is 0.478 e. The summed E-state index contributed by atoms with van der Waals surface area (Å²) >= 11 is 3.60. The molecule has 1 aromatic carbocycles. The van der Waals surface area contributed by atoms with Gasteiger partial charge in [-0.05, 0) is 34.1 Å². The van der Waals surface area contributed by atoms with Crippen molar-refractivity contribution in [3.63, 3.8) is 0 Å². The minimum Gasteiger partial charge on any atom is -0.478 e. The van der Waals surface area contributed by atoms with E-state index in [9.17, 15) is 18.0 Å². The van der Waals surface area contributed by atoms with Crippen LogP contribution >= 0.6 is 27.5 Å². The molecular formula is C10H5BrF3N3O2S. The summed E-state index contributed by atoms with van der Waals surface area (Å²) < 4.78 is 40.5. The second-order valence-electron chi connectivity index (χ2n) is 3.55. The fourth-order valence-corrected chi connectivity index (χ4v) is 2.30. The van der Waals surface area contributed by atoms with Gasteiger partial charge in [0.2, 0.25) is 11.0 Å². The molecule has 0 saturated carbocycles. The number of benzene rings is 1. The molecule has 0 bridgehead atoms. The maximum absolute atomic E-state index is 12.3. The Morgan fingerprint density at radius 2 is 2.10 bits per heavy atom. The van der Waals surface area contributed by atoms with Crippen LogP contribution in [0, 0.1) is 0 Å². The first kappa shape index (κ1) is 14.7. The number of anilines is 2. The molecule has 0 unspecified atom stereocenters. The minimum atomic E-state index is -4.61. The number of alkyl halides is 3. The Hall–Kier alpha value is -1.68. The van der Waals surface area contributed by atoms with E-state index in [2.05, 4.69) is 30.6 Å². The van der Waals surface area contributed by atoms with Gasteiger partial charge in [-0.25, -0.2) is 4.79 Å². The van der Waals surface area contributed by atoms with E-state index >= 15 is 0 Å². The zero-order valence-corrected chi connectivity index (χ0v) is 11.8. The first-order valence-corrected chi connectivity index (χ1v) is 6.55. The lowest BCUT2D eigenvalue weighted by Gasteiger charge is -2.05. The standard InChI is InChI=1S/C10H5BrF3N3O2S/c11-6-2-1-4(3-5(6)7(18)19)15-9-16-8(17-20-9)10(12,13)14/h1-3H,(H,18,19)(H,15,16,17). The summed E-state index contributed by atoms with van der Waals surface area (Å²) in [6.45, 7) is 0. The van der Waals surface area contributed by atoms with Crippen LogP contribution in [0.4, 0.5) is 24.0 Å². The predicted molar refractivity (Wildman–Crippen MR) is 69.3 cm³/mol. The fourth-order valence-electron chi connectivity index (χ4n) is 1.28. The molecule has 0 fully saturated rings. The van der Waals surface area contributed by atoms with Crippen molar-refractivity contribution in [1.29, 1.82) is 0 Å². The number of carboxylic acid groups (broad SMARTS) is 1. The maximum atomic E-state index is 12.3. The van der Waals surface area contributed by atoms with Gasteiger partial charge in [-0.2, -0.15) is 22.5 Å². The molecule has 106 valence electrons. The topological polar surface area (TPSA) is 75.1 Å². The quantitative estimate of drug-likeness (QED) is 0.863. The van der Waals surface area contributed by atoms with Crippen molar-refractivity contribution in [2.24, 2.45) is 0 Å². The summed E-state index contributed by atoms with van der Waals surface area (Å²) in [5.74, 6) is -2.39. The molecule has 0 aliphatic rings. The number of carbonyl (C=O) groups is 1. The van der Waals surface area contributed by atoms with Gasteiger partial charge in [-0.3, -0.25) is 0 Å². The first-order chi connectivity index (χ1) is 9.27. The van der Waals surface area contributed by atoms with Crippen molar-refractivity contribution in [2.45, 2.75) is 6.18 Å². The summed E-state index contributed by atoms with van der Waals surface area (Å²) in [4.78, 5) is 14.2. The summed E-state index contributed by atoms with van der Waals surface area (Å²) in [6.07, 6.45) is -4.61. The summed E-state index contributed by atoms with van der Waals surface area (Å²) in [7, 11) is 0. The molecule has 0 aliphatic carbocycles. The van der Waals surface area contributed by atoms with Crippen LogP contribution < -0.4 is 5.32 Å². The molecule has 0 radical (unpaired) electrons. The minimum absolute atomic E-state index is 0.0180. The lowest BCUT2D eigenvalue weighted by Crippen LogP contribution is -2.07. The van der Waals surface area contributed by atoms with Gasteiger partial charge < -0.3 is 10.4 Å². The highest BCUT2D eigenvalue weighted by molar-refractivity contribution is 9.10. The molecule has 2 aromatic rings. The molecule has 20 heavy (non-hydrogen) atoms. The third-order valence-corrected chi connectivity index (χ3v) is 3.45. The van der Waals surface area contributed by atoms with Crippen LogP contribution in [0.3, 0.4) is 0 Å². The molecule has 0 atom stereocenters. The maximum Gasteiger partial charge on any atom is 0.452 e. The smallest absolute Gasteiger partial charge is 0.452 e. The number of nitrogens with zero attached hydrogens (tertiary/aromatic N) is 2. The highest BCUT2D eigenvalue weighted by Gasteiger charge is 2.36. The van der Waals surface area contributed by atoms with E-state index in [1.165, 1.54) is 18.2 Å². The number of aromatic nitrogens is 2. The van der Waals surface area contributed by atoms with Crippen LogP contribution in [-0.2, 0) is 6.18 Å². The van der Waals surface area contributed by atoms with E-state index in [0.29, 0.717) is 21.7 Å². The molecular weight excluding hydrogens is 363 g/mol. The Morgan fingerprint density at radius 3 is 2.65 bits per heavy atom. The van der Waals surface area contributed by atoms with Gasteiger partial charge in [0, 0.05) is 21.7 Å². The van der Waals surface area contributed by atoms with Gasteiger partial charge in [-0.15, -0.1) is 0 Å². The van der Waals surface area contributed by atoms with E-state index < -0.39 is 18.0 Å². The number of rotatable bonds is 3. The number of aromatic carboxylic acids is 1. The summed E-state index contributed by atoms with van der Waals surface area (Å²) in [6, 6.07) is 4.25. The van der Waals surface area contributed by atoms with Crippen LogP contribution in [0.15, 0.2) is 22.7 Å². The summed E-state index contributed by atoms with van der Waals surface area (Å²) in [5.41, 5.74) is 0.283. The number of hydrogen-bond acceptors (Lipinski definition) is 5. The second kappa shape index (κ2) is 5.37. The SMILES string of the molecule is O=C(O)c1cc(Nc2nc(C(F)(F)F)ns2)ccc1Br. The van der Waals surface area contributed by atoms with Gasteiger partial charge in [-0.1, -0.05) is 0 Å². The molecule has 0 amide bonds. The Kier molecular flexibility index (Phi) is 3.95. The molecule has 5 nitrogen and oxygen atoms in total. The van der Waals surface area contributed by atoms with Crippen molar-refractivity contribution in [3.8, 4) is 0 Å². The Bertz CT molecular complexity index is 659. The number of nitrogens with one attached hydrogen (secondary N) is 1. The van der Waals surface area contributed by atoms with E-state index in [1.807, 2.05) is 0 Å². The lowest BCUT2D eigenvalue weighted by molar-refractivity contribution is -0.144.